The molecule has 0 aromatic carbocycles. The first-order valence-corrected chi connectivity index (χ1v) is 7.37. The molecule has 1 saturated heterocycles. The van der Waals surface area contributed by atoms with Gasteiger partial charge in [0.25, 0.3) is 0 Å². The highest BCUT2D eigenvalue weighted by Crippen LogP contribution is 2.37. The Labute approximate surface area is 105 Å². The Balaban J connectivity index is 1.61. The van der Waals surface area contributed by atoms with Gasteiger partial charge in [-0.3, -0.25) is 0 Å². The van der Waals surface area contributed by atoms with Crippen LogP contribution in [0.2, 0.25) is 0 Å². The van der Waals surface area contributed by atoms with E-state index < -0.39 is 0 Å². The van der Waals surface area contributed by atoms with Gasteiger partial charge in [0.2, 0.25) is 0 Å². The largest absolute Gasteiger partial charge is 0.377 e. The fraction of sp³-hybridized carbons (Fsp3) is 1.00. The fourth-order valence-electron chi connectivity index (χ4n) is 3.28. The zero-order chi connectivity index (χ0) is 12.0. The predicted octanol–water partition coefficient (Wildman–Crippen LogP) is 2.05. The van der Waals surface area contributed by atoms with Crippen LogP contribution in [0, 0.1) is 5.41 Å². The van der Waals surface area contributed by atoms with Gasteiger partial charge in [-0.1, -0.05) is 19.3 Å². The first-order valence-electron chi connectivity index (χ1n) is 7.37. The minimum Gasteiger partial charge on any atom is -0.377 e. The molecule has 100 valence electrons. The van der Waals surface area contributed by atoms with Gasteiger partial charge in [-0.05, 0) is 50.6 Å². The van der Waals surface area contributed by atoms with E-state index in [-0.39, 0.29) is 0 Å². The van der Waals surface area contributed by atoms with Crippen molar-refractivity contribution >= 4 is 0 Å². The van der Waals surface area contributed by atoms with E-state index in [1.807, 2.05) is 0 Å². The molecule has 1 saturated carbocycles. The van der Waals surface area contributed by atoms with Crippen LogP contribution in [-0.2, 0) is 4.74 Å². The van der Waals surface area contributed by atoms with Crippen LogP contribution >= 0.6 is 0 Å². The van der Waals surface area contributed by atoms with Crippen molar-refractivity contribution in [2.45, 2.75) is 57.5 Å². The van der Waals surface area contributed by atoms with E-state index in [9.17, 15) is 0 Å². The van der Waals surface area contributed by atoms with Crippen LogP contribution < -0.4 is 11.1 Å². The summed E-state index contributed by atoms with van der Waals surface area (Å²) in [5, 5.41) is 3.55. The van der Waals surface area contributed by atoms with Gasteiger partial charge in [0, 0.05) is 13.2 Å². The van der Waals surface area contributed by atoms with Crippen molar-refractivity contribution in [3.63, 3.8) is 0 Å². The number of hydrogen-bond acceptors (Lipinski definition) is 3. The van der Waals surface area contributed by atoms with Crippen LogP contribution in [0.1, 0.15) is 51.4 Å². The second kappa shape index (κ2) is 6.72. The van der Waals surface area contributed by atoms with Gasteiger partial charge >= 0.3 is 0 Å². The zero-order valence-electron chi connectivity index (χ0n) is 11.0. The lowest BCUT2D eigenvalue weighted by Gasteiger charge is -2.36. The highest BCUT2D eigenvalue weighted by molar-refractivity contribution is 4.84. The molecule has 0 aromatic rings. The normalized spacial score (nSPS) is 28.4. The molecule has 0 radical (unpaired) electrons. The van der Waals surface area contributed by atoms with E-state index in [1.54, 1.807) is 0 Å². The minimum absolute atomic E-state index is 0.446. The summed E-state index contributed by atoms with van der Waals surface area (Å²) in [6.07, 6.45) is 11.0. The monoisotopic (exact) mass is 240 g/mol. The first-order chi connectivity index (χ1) is 8.35. The van der Waals surface area contributed by atoms with E-state index in [2.05, 4.69) is 5.32 Å². The molecule has 2 fully saturated rings. The highest BCUT2D eigenvalue weighted by Gasteiger charge is 2.29. The van der Waals surface area contributed by atoms with Crippen molar-refractivity contribution < 1.29 is 4.74 Å². The lowest BCUT2D eigenvalue weighted by atomic mass is 9.72. The molecule has 0 bridgehead atoms. The van der Waals surface area contributed by atoms with Crippen LogP contribution in [0.5, 0.6) is 0 Å². The van der Waals surface area contributed by atoms with Crippen LogP contribution in [0.3, 0.4) is 0 Å². The number of hydrogen-bond donors (Lipinski definition) is 2. The van der Waals surface area contributed by atoms with Gasteiger partial charge in [0.05, 0.1) is 6.10 Å². The third kappa shape index (κ3) is 3.94. The van der Waals surface area contributed by atoms with E-state index in [0.29, 0.717) is 11.5 Å². The van der Waals surface area contributed by atoms with Gasteiger partial charge in [-0.15, -0.1) is 0 Å². The molecule has 3 heteroatoms. The fourth-order valence-corrected chi connectivity index (χ4v) is 3.28. The van der Waals surface area contributed by atoms with Crippen LogP contribution in [0.4, 0.5) is 0 Å². The number of nitrogens with one attached hydrogen (secondary N) is 1. The molecule has 3 nitrogen and oxygen atoms in total. The van der Waals surface area contributed by atoms with Gasteiger partial charge < -0.3 is 15.8 Å². The average Bonchev–Trinajstić information content (AvgIpc) is 2.89. The molecule has 0 amide bonds. The zero-order valence-corrected chi connectivity index (χ0v) is 11.0. The lowest BCUT2D eigenvalue weighted by molar-refractivity contribution is 0.107. The van der Waals surface area contributed by atoms with Gasteiger partial charge in [-0.2, -0.15) is 0 Å². The maximum Gasteiger partial charge on any atom is 0.0700 e. The molecule has 3 N–H and O–H groups in total. The van der Waals surface area contributed by atoms with Crippen LogP contribution in [-0.4, -0.2) is 32.3 Å². The van der Waals surface area contributed by atoms with Crippen molar-refractivity contribution in [3.05, 3.63) is 0 Å². The van der Waals surface area contributed by atoms with Crippen molar-refractivity contribution in [1.29, 1.82) is 0 Å². The lowest BCUT2D eigenvalue weighted by Crippen LogP contribution is -2.37. The van der Waals surface area contributed by atoms with Crippen molar-refractivity contribution in [2.24, 2.45) is 11.1 Å². The molecular weight excluding hydrogens is 212 g/mol. The quantitative estimate of drug-likeness (QED) is 0.699. The SMILES string of the molecule is NCC1(CCNCC2CCCO2)CCCCC1. The second-order valence-corrected chi connectivity index (χ2v) is 5.85. The number of ether oxygens (including phenoxy) is 1. The maximum atomic E-state index is 5.99. The summed E-state index contributed by atoms with van der Waals surface area (Å²) in [6.45, 7) is 3.96. The number of nitrogens with two attached hydrogens (primary N) is 1. The summed E-state index contributed by atoms with van der Waals surface area (Å²) >= 11 is 0. The molecule has 0 spiro atoms. The summed E-state index contributed by atoms with van der Waals surface area (Å²) in [4.78, 5) is 0. The average molecular weight is 240 g/mol. The summed E-state index contributed by atoms with van der Waals surface area (Å²) < 4.78 is 5.61. The summed E-state index contributed by atoms with van der Waals surface area (Å²) in [7, 11) is 0. The molecule has 2 aliphatic rings. The predicted molar refractivity (Wildman–Crippen MR) is 71.0 cm³/mol. The Hall–Kier alpha value is -0.120. The topological polar surface area (TPSA) is 47.3 Å². The van der Waals surface area contributed by atoms with Crippen LogP contribution in [0.15, 0.2) is 0 Å². The van der Waals surface area contributed by atoms with E-state index in [0.717, 1.165) is 26.2 Å². The molecule has 0 aromatic heterocycles. The Morgan fingerprint density at radius 1 is 1.18 bits per heavy atom. The molecule has 1 heterocycles. The van der Waals surface area contributed by atoms with Gasteiger partial charge in [-0.25, -0.2) is 0 Å². The molecule has 1 aliphatic heterocycles. The second-order valence-electron chi connectivity index (χ2n) is 5.85. The smallest absolute Gasteiger partial charge is 0.0700 e. The molecule has 1 aliphatic carbocycles. The molecule has 17 heavy (non-hydrogen) atoms. The molecule has 1 atom stereocenters. The summed E-state index contributed by atoms with van der Waals surface area (Å²) in [5.41, 5.74) is 6.44. The maximum absolute atomic E-state index is 5.99. The van der Waals surface area contributed by atoms with E-state index in [4.69, 9.17) is 10.5 Å². The number of rotatable bonds is 6. The van der Waals surface area contributed by atoms with Gasteiger partial charge in [0.15, 0.2) is 0 Å². The van der Waals surface area contributed by atoms with Crippen molar-refractivity contribution in [3.8, 4) is 0 Å². The third-order valence-corrected chi connectivity index (χ3v) is 4.58. The highest BCUT2D eigenvalue weighted by atomic mass is 16.5. The van der Waals surface area contributed by atoms with Crippen molar-refractivity contribution in [2.75, 3.05) is 26.2 Å². The molecule has 2 rings (SSSR count). The Kier molecular flexibility index (Phi) is 5.26. The van der Waals surface area contributed by atoms with E-state index in [1.165, 1.54) is 51.4 Å². The first kappa shape index (κ1) is 13.3. The Morgan fingerprint density at radius 3 is 2.65 bits per heavy atom. The molecule has 1 unspecified atom stereocenters. The summed E-state index contributed by atoms with van der Waals surface area (Å²) in [6, 6.07) is 0. The minimum atomic E-state index is 0.446. The van der Waals surface area contributed by atoms with Gasteiger partial charge in [0.1, 0.15) is 0 Å². The van der Waals surface area contributed by atoms with E-state index >= 15 is 0 Å². The summed E-state index contributed by atoms with van der Waals surface area (Å²) in [5.74, 6) is 0. The Bertz CT molecular complexity index is 208. The Morgan fingerprint density at radius 2 is 2.00 bits per heavy atom. The van der Waals surface area contributed by atoms with Crippen LogP contribution in [0.25, 0.3) is 0 Å². The standard InChI is InChI=1S/C14H28N2O/c15-12-14(6-2-1-3-7-14)8-9-16-11-13-5-4-10-17-13/h13,16H,1-12,15H2. The third-order valence-electron chi connectivity index (χ3n) is 4.58. The molecular formula is C14H28N2O. The van der Waals surface area contributed by atoms with Crippen molar-refractivity contribution in [1.82, 2.24) is 5.32 Å².